The van der Waals surface area contributed by atoms with Crippen LogP contribution in [0.2, 0.25) is 0 Å². The number of fused-ring (bicyclic) bond motifs is 2. The molecule has 12 heteroatoms. The number of nitrogens with zero attached hydrogens (tertiary/aromatic N) is 2. The van der Waals surface area contributed by atoms with Gasteiger partial charge in [0.05, 0.1) is 0 Å². The van der Waals surface area contributed by atoms with E-state index in [1.54, 1.807) is 58.3 Å². The maximum atomic E-state index is 15.0. The normalized spacial score (nSPS) is 15.3. The van der Waals surface area contributed by atoms with Gasteiger partial charge >= 0.3 is 12.4 Å². The van der Waals surface area contributed by atoms with Gasteiger partial charge in [0.15, 0.2) is 13.5 Å². The second-order valence-corrected chi connectivity index (χ2v) is 11.4. The molecular weight excluding hydrogens is 610 g/mol. The zero-order chi connectivity index (χ0) is 30.6. The molecule has 0 N–H and O–H groups in total. The summed E-state index contributed by atoms with van der Waals surface area (Å²) < 4.78 is 102. The minimum Gasteiger partial charge on any atom is -0.473 e. The molecule has 0 aliphatic carbocycles. The molecule has 0 saturated carbocycles. The summed E-state index contributed by atoms with van der Waals surface area (Å²) in [5, 5.41) is 0. The van der Waals surface area contributed by atoms with Gasteiger partial charge in [-0.2, -0.15) is 26.3 Å². The number of rotatable bonds is 4. The first-order chi connectivity index (χ1) is 20.4. The van der Waals surface area contributed by atoms with Crippen molar-refractivity contribution in [3.8, 4) is 11.5 Å². The summed E-state index contributed by atoms with van der Waals surface area (Å²) in [5.74, 6) is 0.455. The van der Waals surface area contributed by atoms with E-state index in [4.69, 9.17) is 9.47 Å². The van der Waals surface area contributed by atoms with Crippen LogP contribution in [0, 0.1) is 0 Å². The predicted molar refractivity (Wildman–Crippen MR) is 157 cm³/mol. The molecule has 0 radical (unpaired) electrons. The first-order valence-electron chi connectivity index (χ1n) is 13.1. The van der Waals surface area contributed by atoms with Crippen molar-refractivity contribution in [2.75, 3.05) is 23.3 Å². The van der Waals surface area contributed by atoms with Crippen LogP contribution in [0.3, 0.4) is 0 Å². The molecule has 4 aromatic rings. The van der Waals surface area contributed by atoms with Gasteiger partial charge in [0.2, 0.25) is 5.41 Å². The van der Waals surface area contributed by atoms with Crippen LogP contribution in [0.25, 0.3) is 0 Å². The number of anilines is 2. The highest BCUT2D eigenvalue weighted by atomic mass is 32.1. The van der Waals surface area contributed by atoms with Crippen molar-refractivity contribution in [3.63, 3.8) is 0 Å². The van der Waals surface area contributed by atoms with Gasteiger partial charge in [-0.25, -0.2) is 0 Å². The van der Waals surface area contributed by atoms with Gasteiger partial charge in [0.1, 0.15) is 11.5 Å². The van der Waals surface area contributed by atoms with E-state index < -0.39 is 28.9 Å². The maximum absolute atomic E-state index is 15.0. The highest BCUT2D eigenvalue weighted by Gasteiger charge is 2.72. The molecule has 0 saturated heterocycles. The third kappa shape index (κ3) is 5.24. The summed E-state index contributed by atoms with van der Waals surface area (Å²) in [6.07, 6.45) is -11.5. The number of halogens is 6. The largest absolute Gasteiger partial charge is 0.473 e. The molecule has 4 nitrogen and oxygen atoms in total. The van der Waals surface area contributed by atoms with Crippen molar-refractivity contribution >= 4 is 36.6 Å². The van der Waals surface area contributed by atoms with Gasteiger partial charge < -0.3 is 19.3 Å². The summed E-state index contributed by atoms with van der Waals surface area (Å²) in [5.41, 5.74) is -4.41. The molecule has 43 heavy (non-hydrogen) atoms. The fourth-order valence-corrected chi connectivity index (χ4v) is 5.89. The second kappa shape index (κ2) is 10.8. The monoisotopic (exact) mass is 634 g/mol. The van der Waals surface area contributed by atoms with Crippen LogP contribution >= 0.6 is 25.3 Å². The molecule has 0 bridgehead atoms. The minimum absolute atomic E-state index is 0.0545. The number of thiol groups is 2. The summed E-state index contributed by atoms with van der Waals surface area (Å²) in [6.45, 7) is 0.276. The second-order valence-electron chi connectivity index (χ2n) is 10.4. The third-order valence-electron chi connectivity index (χ3n) is 7.74. The Balaban J connectivity index is 1.43. The third-order valence-corrected chi connectivity index (χ3v) is 8.34. The van der Waals surface area contributed by atoms with Crippen molar-refractivity contribution in [2.45, 2.75) is 40.6 Å². The Morgan fingerprint density at radius 1 is 0.535 bits per heavy atom. The summed E-state index contributed by atoms with van der Waals surface area (Å²) in [4.78, 5) is 4.85. The Hall–Kier alpha value is -3.64. The number of hydrogen-bond acceptors (Lipinski definition) is 6. The van der Waals surface area contributed by atoms with E-state index in [0.717, 1.165) is 24.3 Å². The molecule has 0 unspecified atom stereocenters. The lowest BCUT2D eigenvalue weighted by Crippen LogP contribution is -2.55. The van der Waals surface area contributed by atoms with E-state index in [1.165, 1.54) is 12.1 Å². The SMILES string of the molecule is FC(F)(F)C(c1ccc2c(c1)CN(c1ccc(S)cc1)CO2)(c1ccc2c(c1)CN(c1ccc(S)cc1)CO2)C(F)(F)F. The van der Waals surface area contributed by atoms with E-state index in [1.807, 2.05) is 0 Å². The number of alkyl halides is 6. The molecule has 6 rings (SSSR count). The predicted octanol–water partition coefficient (Wildman–Crippen LogP) is 8.39. The molecule has 224 valence electrons. The number of ether oxygens (including phenoxy) is 2. The fraction of sp³-hybridized carbons (Fsp3) is 0.226. The van der Waals surface area contributed by atoms with Crippen molar-refractivity contribution in [1.82, 2.24) is 0 Å². The molecule has 2 heterocycles. The topological polar surface area (TPSA) is 24.9 Å². The van der Waals surface area contributed by atoms with Gasteiger partial charge in [0.25, 0.3) is 0 Å². The van der Waals surface area contributed by atoms with Crippen LogP contribution in [0.15, 0.2) is 94.7 Å². The van der Waals surface area contributed by atoms with Gasteiger partial charge in [-0.05, 0) is 83.9 Å². The maximum Gasteiger partial charge on any atom is 0.411 e. The Labute approximate surface area is 254 Å². The van der Waals surface area contributed by atoms with Crippen molar-refractivity contribution in [2.24, 2.45) is 0 Å². The van der Waals surface area contributed by atoms with E-state index >= 15 is 26.3 Å². The standard InChI is InChI=1S/C31H24F6N2O2S2/c32-30(33,34)29(31(35,36)37,21-1-11-27-19(13-21)15-38(17-40-27)23-3-7-25(42)8-4-23)22-2-12-28-20(14-22)16-39(18-41-28)24-5-9-26(43)10-6-24/h1-14,42-43H,15-18H2. The average Bonchev–Trinajstić information content (AvgIpc) is 2.96. The van der Waals surface area contributed by atoms with Crippen LogP contribution in [0.1, 0.15) is 22.3 Å². The van der Waals surface area contributed by atoms with Crippen molar-refractivity contribution in [3.05, 3.63) is 107 Å². The number of hydrogen-bond donors (Lipinski definition) is 2. The van der Waals surface area contributed by atoms with Crippen LogP contribution in [0.5, 0.6) is 11.5 Å². The zero-order valence-corrected chi connectivity index (χ0v) is 24.1. The Kier molecular flexibility index (Phi) is 7.40. The fourth-order valence-electron chi connectivity index (χ4n) is 5.59. The van der Waals surface area contributed by atoms with Gasteiger partial charge in [-0.1, -0.05) is 12.1 Å². The first-order valence-corrected chi connectivity index (χ1v) is 14.0. The molecule has 0 spiro atoms. The van der Waals surface area contributed by atoms with Crippen LogP contribution < -0.4 is 19.3 Å². The lowest BCUT2D eigenvalue weighted by Gasteiger charge is -2.40. The summed E-state index contributed by atoms with van der Waals surface area (Å²) >= 11 is 8.51. The van der Waals surface area contributed by atoms with Gasteiger partial charge in [-0.3, -0.25) is 0 Å². The molecular formula is C31H24F6N2O2S2. The van der Waals surface area contributed by atoms with Crippen LogP contribution in [0.4, 0.5) is 37.7 Å². The molecule has 2 aliphatic heterocycles. The minimum atomic E-state index is -5.73. The smallest absolute Gasteiger partial charge is 0.411 e. The van der Waals surface area contributed by atoms with Crippen molar-refractivity contribution in [1.29, 1.82) is 0 Å². The zero-order valence-electron chi connectivity index (χ0n) is 22.3. The highest BCUT2D eigenvalue weighted by molar-refractivity contribution is 7.80. The average molecular weight is 635 g/mol. The van der Waals surface area contributed by atoms with Gasteiger partial charge in [0, 0.05) is 45.4 Å². The molecule has 0 aromatic heterocycles. The van der Waals surface area contributed by atoms with Gasteiger partial charge in [-0.15, -0.1) is 25.3 Å². The number of benzene rings is 4. The summed E-state index contributed by atoms with van der Waals surface area (Å²) in [6, 6.07) is 19.9. The Morgan fingerprint density at radius 2 is 0.907 bits per heavy atom. The first kappa shape index (κ1) is 29.4. The van der Waals surface area contributed by atoms with Crippen LogP contribution in [-0.2, 0) is 18.5 Å². The lowest BCUT2D eigenvalue weighted by atomic mass is 9.72. The van der Waals surface area contributed by atoms with E-state index in [2.05, 4.69) is 25.3 Å². The van der Waals surface area contributed by atoms with E-state index in [0.29, 0.717) is 21.2 Å². The Morgan fingerprint density at radius 3 is 1.26 bits per heavy atom. The molecule has 4 aromatic carbocycles. The van der Waals surface area contributed by atoms with E-state index in [-0.39, 0.29) is 49.2 Å². The molecule has 0 atom stereocenters. The Bertz CT molecular complexity index is 1520. The highest BCUT2D eigenvalue weighted by Crippen LogP contribution is 2.57. The van der Waals surface area contributed by atoms with Crippen LogP contribution in [-0.4, -0.2) is 25.8 Å². The van der Waals surface area contributed by atoms with E-state index in [9.17, 15) is 0 Å². The lowest BCUT2D eigenvalue weighted by molar-refractivity contribution is -0.288. The molecule has 2 aliphatic rings. The quantitative estimate of drug-likeness (QED) is 0.174. The summed E-state index contributed by atoms with van der Waals surface area (Å²) in [7, 11) is 0. The van der Waals surface area contributed by atoms with Crippen molar-refractivity contribution < 1.29 is 35.8 Å². The molecule has 0 amide bonds. The molecule has 0 fully saturated rings.